The maximum Gasteiger partial charge on any atom is 0.416 e. The van der Waals surface area contributed by atoms with Crippen molar-refractivity contribution >= 4 is 6.03 Å². The molecule has 1 aliphatic heterocycles. The van der Waals surface area contributed by atoms with E-state index in [0.717, 1.165) is 31.7 Å². The molecule has 2 fully saturated rings. The van der Waals surface area contributed by atoms with Gasteiger partial charge in [0.05, 0.1) is 18.2 Å². The summed E-state index contributed by atoms with van der Waals surface area (Å²) >= 11 is 0. The predicted octanol–water partition coefficient (Wildman–Crippen LogP) is 2.90. The number of hydrogen-bond donors (Lipinski definition) is 2. The highest BCUT2D eigenvalue weighted by Crippen LogP contribution is 2.48. The zero-order valence-electron chi connectivity index (χ0n) is 13.3. The standard InChI is InChI=1S/C17H21F3N2O2/c18-17(19,20)13-4-1-3-12(9-13)16(6-7-16)11-21-15(24)22-8-2-5-14(22)10-23/h1,3-4,9,14,23H,2,5-8,10-11H2,(H,21,24)/t14-/m0/s1. The molecule has 7 heteroatoms. The number of carbonyl (C=O) groups excluding carboxylic acids is 1. The molecule has 1 saturated heterocycles. The first-order valence-corrected chi connectivity index (χ1v) is 8.19. The fourth-order valence-electron chi connectivity index (χ4n) is 3.38. The maximum absolute atomic E-state index is 12.9. The van der Waals surface area contributed by atoms with Crippen LogP contribution in [0.4, 0.5) is 18.0 Å². The van der Waals surface area contributed by atoms with Gasteiger partial charge in [-0.1, -0.05) is 18.2 Å². The molecule has 3 rings (SSSR count). The summed E-state index contributed by atoms with van der Waals surface area (Å²) in [6.07, 6.45) is -1.20. The highest BCUT2D eigenvalue weighted by atomic mass is 19.4. The van der Waals surface area contributed by atoms with Crippen molar-refractivity contribution in [2.45, 2.75) is 43.3 Å². The van der Waals surface area contributed by atoms with Gasteiger partial charge in [0, 0.05) is 18.5 Å². The minimum Gasteiger partial charge on any atom is -0.394 e. The Hall–Kier alpha value is -1.76. The Kier molecular flexibility index (Phi) is 4.46. The maximum atomic E-state index is 12.9. The van der Waals surface area contributed by atoms with Gasteiger partial charge in [-0.05, 0) is 37.3 Å². The molecule has 0 unspecified atom stereocenters. The highest BCUT2D eigenvalue weighted by molar-refractivity contribution is 5.75. The normalized spacial score (nSPS) is 22.5. The molecule has 1 saturated carbocycles. The Morgan fingerprint density at radius 2 is 2.12 bits per heavy atom. The molecule has 1 atom stereocenters. The third-order valence-corrected chi connectivity index (χ3v) is 5.08. The number of urea groups is 1. The van der Waals surface area contributed by atoms with E-state index >= 15 is 0 Å². The molecule has 2 aliphatic rings. The fraction of sp³-hybridized carbons (Fsp3) is 0.588. The number of halogens is 3. The number of aliphatic hydroxyl groups excluding tert-OH is 1. The number of carbonyl (C=O) groups is 1. The van der Waals surface area contributed by atoms with Gasteiger partial charge in [0.2, 0.25) is 0 Å². The van der Waals surface area contributed by atoms with Gasteiger partial charge in [0.25, 0.3) is 0 Å². The van der Waals surface area contributed by atoms with Crippen molar-refractivity contribution in [3.63, 3.8) is 0 Å². The molecule has 1 aromatic carbocycles. The van der Waals surface area contributed by atoms with Crippen molar-refractivity contribution < 1.29 is 23.1 Å². The summed E-state index contributed by atoms with van der Waals surface area (Å²) in [6, 6.07) is 4.96. The van der Waals surface area contributed by atoms with Crippen LogP contribution in [-0.4, -0.2) is 41.8 Å². The van der Waals surface area contributed by atoms with Gasteiger partial charge in [0.1, 0.15) is 0 Å². The molecule has 0 bridgehead atoms. The number of likely N-dealkylation sites (tertiary alicyclic amines) is 1. The second-order valence-electron chi connectivity index (χ2n) is 6.69. The largest absolute Gasteiger partial charge is 0.416 e. The lowest BCUT2D eigenvalue weighted by Crippen LogP contribution is -2.46. The van der Waals surface area contributed by atoms with Crippen molar-refractivity contribution in [3.05, 3.63) is 35.4 Å². The molecule has 132 valence electrons. The number of aliphatic hydroxyl groups is 1. The number of alkyl halides is 3. The Balaban J connectivity index is 1.66. The third kappa shape index (κ3) is 3.36. The summed E-state index contributed by atoms with van der Waals surface area (Å²) in [5, 5.41) is 12.1. The Labute approximate surface area is 138 Å². The van der Waals surface area contributed by atoms with Crippen LogP contribution in [0.5, 0.6) is 0 Å². The molecule has 2 N–H and O–H groups in total. The molecule has 1 heterocycles. The summed E-state index contributed by atoms with van der Waals surface area (Å²) < 4.78 is 38.6. The SMILES string of the molecule is O=C(NCC1(c2cccc(C(F)(F)F)c2)CC1)N1CCC[C@H]1CO. The first-order valence-electron chi connectivity index (χ1n) is 8.19. The van der Waals surface area contributed by atoms with Crippen molar-refractivity contribution in [2.24, 2.45) is 0 Å². The molecule has 1 aromatic rings. The van der Waals surface area contributed by atoms with Crippen LogP contribution in [0.25, 0.3) is 0 Å². The van der Waals surface area contributed by atoms with E-state index in [1.165, 1.54) is 12.1 Å². The molecule has 4 nitrogen and oxygen atoms in total. The average Bonchev–Trinajstić information content (AvgIpc) is 3.20. The monoisotopic (exact) mass is 342 g/mol. The Morgan fingerprint density at radius 1 is 1.38 bits per heavy atom. The fourth-order valence-corrected chi connectivity index (χ4v) is 3.38. The number of rotatable bonds is 4. The van der Waals surface area contributed by atoms with Gasteiger partial charge >= 0.3 is 12.2 Å². The van der Waals surface area contributed by atoms with Crippen LogP contribution >= 0.6 is 0 Å². The number of nitrogens with one attached hydrogen (secondary N) is 1. The lowest BCUT2D eigenvalue weighted by atomic mass is 9.94. The smallest absolute Gasteiger partial charge is 0.394 e. The Morgan fingerprint density at radius 3 is 2.75 bits per heavy atom. The van der Waals surface area contributed by atoms with Crippen LogP contribution in [0, 0.1) is 0 Å². The van der Waals surface area contributed by atoms with E-state index in [1.807, 2.05) is 0 Å². The molecule has 24 heavy (non-hydrogen) atoms. The second kappa shape index (κ2) is 6.27. The van der Waals surface area contributed by atoms with Crippen LogP contribution in [0.1, 0.15) is 36.8 Å². The zero-order chi connectivity index (χ0) is 17.4. The predicted molar refractivity (Wildman–Crippen MR) is 82.6 cm³/mol. The van der Waals surface area contributed by atoms with Crippen LogP contribution in [0.15, 0.2) is 24.3 Å². The molecular formula is C17H21F3N2O2. The van der Waals surface area contributed by atoms with Gasteiger partial charge in [0.15, 0.2) is 0 Å². The number of benzene rings is 1. The zero-order valence-corrected chi connectivity index (χ0v) is 13.3. The second-order valence-corrected chi connectivity index (χ2v) is 6.69. The van der Waals surface area contributed by atoms with Gasteiger partial charge < -0.3 is 15.3 Å². The van der Waals surface area contributed by atoms with Crippen molar-refractivity contribution in [3.8, 4) is 0 Å². The number of amides is 2. The topological polar surface area (TPSA) is 52.6 Å². The molecule has 2 amide bonds. The minimum absolute atomic E-state index is 0.0633. The van der Waals surface area contributed by atoms with Gasteiger partial charge in [-0.25, -0.2) is 4.79 Å². The van der Waals surface area contributed by atoms with Gasteiger partial charge in [-0.3, -0.25) is 0 Å². The van der Waals surface area contributed by atoms with E-state index in [-0.39, 0.29) is 18.7 Å². The van der Waals surface area contributed by atoms with Crippen LogP contribution in [0.2, 0.25) is 0 Å². The highest BCUT2D eigenvalue weighted by Gasteiger charge is 2.45. The van der Waals surface area contributed by atoms with Crippen molar-refractivity contribution in [1.29, 1.82) is 0 Å². The van der Waals surface area contributed by atoms with E-state index in [9.17, 15) is 23.1 Å². The van der Waals surface area contributed by atoms with Gasteiger partial charge in [-0.2, -0.15) is 13.2 Å². The quantitative estimate of drug-likeness (QED) is 0.884. The summed E-state index contributed by atoms with van der Waals surface area (Å²) in [7, 11) is 0. The lowest BCUT2D eigenvalue weighted by Gasteiger charge is -2.25. The van der Waals surface area contributed by atoms with E-state index in [4.69, 9.17) is 0 Å². The van der Waals surface area contributed by atoms with Crippen LogP contribution in [-0.2, 0) is 11.6 Å². The summed E-state index contributed by atoms with van der Waals surface area (Å²) in [6.45, 7) is 0.863. The number of hydrogen-bond acceptors (Lipinski definition) is 2. The first-order chi connectivity index (χ1) is 11.4. The van der Waals surface area contributed by atoms with Crippen LogP contribution < -0.4 is 5.32 Å². The van der Waals surface area contributed by atoms with E-state index < -0.39 is 17.2 Å². The minimum atomic E-state index is -4.36. The Bertz CT molecular complexity index is 614. The molecule has 0 spiro atoms. The molecule has 0 radical (unpaired) electrons. The molecule has 0 aromatic heterocycles. The van der Waals surface area contributed by atoms with E-state index in [0.29, 0.717) is 18.7 Å². The van der Waals surface area contributed by atoms with Crippen molar-refractivity contribution in [2.75, 3.05) is 19.7 Å². The third-order valence-electron chi connectivity index (χ3n) is 5.08. The van der Waals surface area contributed by atoms with E-state index in [2.05, 4.69) is 5.32 Å². The van der Waals surface area contributed by atoms with Gasteiger partial charge in [-0.15, -0.1) is 0 Å². The van der Waals surface area contributed by atoms with E-state index in [1.54, 1.807) is 11.0 Å². The first kappa shape index (κ1) is 17.1. The summed E-state index contributed by atoms with van der Waals surface area (Å²) in [5.74, 6) is 0. The summed E-state index contributed by atoms with van der Waals surface area (Å²) in [5.41, 5.74) is -0.430. The molecule has 1 aliphatic carbocycles. The summed E-state index contributed by atoms with van der Waals surface area (Å²) in [4.78, 5) is 13.9. The van der Waals surface area contributed by atoms with Crippen molar-refractivity contribution in [1.82, 2.24) is 10.2 Å². The lowest BCUT2D eigenvalue weighted by molar-refractivity contribution is -0.137. The molecular weight excluding hydrogens is 321 g/mol. The average molecular weight is 342 g/mol. The van der Waals surface area contributed by atoms with Crippen LogP contribution in [0.3, 0.4) is 0 Å². The number of nitrogens with zero attached hydrogens (tertiary/aromatic N) is 1.